The molecule has 1 unspecified atom stereocenters. The van der Waals surface area contributed by atoms with E-state index in [1.165, 1.54) is 51.4 Å². The van der Waals surface area contributed by atoms with E-state index in [0.717, 1.165) is 19.0 Å². The van der Waals surface area contributed by atoms with E-state index in [9.17, 15) is 0 Å². The molecule has 0 aromatic carbocycles. The summed E-state index contributed by atoms with van der Waals surface area (Å²) < 4.78 is 6.50. The Hall–Kier alpha value is -0.0800. The summed E-state index contributed by atoms with van der Waals surface area (Å²) in [5.41, 5.74) is 0.120. The van der Waals surface area contributed by atoms with Crippen molar-refractivity contribution in [3.8, 4) is 0 Å². The molecular weight excluding hydrogens is 234 g/mol. The fourth-order valence-corrected chi connectivity index (χ4v) is 3.33. The maximum Gasteiger partial charge on any atom is 0.0810 e. The largest absolute Gasteiger partial charge is 0.371 e. The van der Waals surface area contributed by atoms with Gasteiger partial charge in [0, 0.05) is 6.54 Å². The Kier molecular flexibility index (Phi) is 8.01. The second-order valence-electron chi connectivity index (χ2n) is 6.43. The molecule has 1 aliphatic carbocycles. The van der Waals surface area contributed by atoms with Crippen LogP contribution in [0.4, 0.5) is 0 Å². The lowest BCUT2D eigenvalue weighted by molar-refractivity contribution is -0.114. The lowest BCUT2D eigenvalue weighted by Crippen LogP contribution is -2.47. The highest BCUT2D eigenvalue weighted by Gasteiger charge is 2.36. The Balaban J connectivity index is 2.52. The molecule has 2 heteroatoms. The van der Waals surface area contributed by atoms with Gasteiger partial charge in [-0.25, -0.2) is 0 Å². The van der Waals surface area contributed by atoms with Gasteiger partial charge in [0.05, 0.1) is 11.7 Å². The molecule has 0 aromatic rings. The summed E-state index contributed by atoms with van der Waals surface area (Å²) >= 11 is 0. The average Bonchev–Trinajstić information content (AvgIpc) is 2.40. The van der Waals surface area contributed by atoms with Crippen molar-refractivity contribution in [2.75, 3.05) is 13.1 Å². The van der Waals surface area contributed by atoms with Crippen LogP contribution in [0, 0.1) is 5.92 Å². The van der Waals surface area contributed by atoms with Crippen LogP contribution < -0.4 is 5.32 Å². The first-order valence-electron chi connectivity index (χ1n) is 8.54. The van der Waals surface area contributed by atoms with Gasteiger partial charge in [-0.15, -0.1) is 0 Å². The van der Waals surface area contributed by atoms with Gasteiger partial charge in [-0.1, -0.05) is 33.6 Å². The molecule has 1 aliphatic rings. The van der Waals surface area contributed by atoms with Crippen molar-refractivity contribution in [2.45, 2.75) is 90.8 Å². The molecule has 1 atom stereocenters. The zero-order valence-electron chi connectivity index (χ0n) is 13.6. The van der Waals surface area contributed by atoms with Crippen LogP contribution in [-0.4, -0.2) is 24.8 Å². The molecule has 1 saturated carbocycles. The van der Waals surface area contributed by atoms with Crippen LogP contribution in [0.2, 0.25) is 0 Å². The van der Waals surface area contributed by atoms with E-state index >= 15 is 0 Å². The topological polar surface area (TPSA) is 21.3 Å². The molecule has 0 aromatic heterocycles. The second-order valence-corrected chi connectivity index (χ2v) is 6.43. The van der Waals surface area contributed by atoms with Crippen molar-refractivity contribution in [3.05, 3.63) is 0 Å². The summed E-state index contributed by atoms with van der Waals surface area (Å²) in [6, 6.07) is 0. The van der Waals surface area contributed by atoms with Gasteiger partial charge >= 0.3 is 0 Å². The van der Waals surface area contributed by atoms with Gasteiger partial charge in [0.2, 0.25) is 0 Å². The Morgan fingerprint density at radius 1 is 1.16 bits per heavy atom. The van der Waals surface area contributed by atoms with Crippen LogP contribution >= 0.6 is 0 Å². The summed E-state index contributed by atoms with van der Waals surface area (Å²) in [4.78, 5) is 0. The second kappa shape index (κ2) is 8.97. The van der Waals surface area contributed by atoms with E-state index in [4.69, 9.17) is 4.74 Å². The lowest BCUT2D eigenvalue weighted by Gasteiger charge is -2.42. The van der Waals surface area contributed by atoms with Crippen LogP contribution in [0.15, 0.2) is 0 Å². The van der Waals surface area contributed by atoms with Crippen LogP contribution in [0.25, 0.3) is 0 Å². The van der Waals surface area contributed by atoms with Crippen LogP contribution in [-0.2, 0) is 4.74 Å². The Labute approximate surface area is 120 Å². The van der Waals surface area contributed by atoms with E-state index in [2.05, 4.69) is 33.0 Å². The summed E-state index contributed by atoms with van der Waals surface area (Å²) in [5, 5.41) is 3.60. The summed E-state index contributed by atoms with van der Waals surface area (Å²) in [6.45, 7) is 11.2. The fourth-order valence-electron chi connectivity index (χ4n) is 3.33. The lowest BCUT2D eigenvalue weighted by atomic mass is 9.77. The van der Waals surface area contributed by atoms with Gasteiger partial charge in [-0.3, -0.25) is 0 Å². The van der Waals surface area contributed by atoms with Crippen LogP contribution in [0.1, 0.15) is 79.1 Å². The first-order chi connectivity index (χ1) is 9.15. The number of hydrogen-bond acceptors (Lipinski definition) is 2. The highest BCUT2D eigenvalue weighted by atomic mass is 16.5. The quantitative estimate of drug-likeness (QED) is 0.621. The zero-order chi connectivity index (χ0) is 14.1. The summed E-state index contributed by atoms with van der Waals surface area (Å²) in [6.07, 6.45) is 10.6. The van der Waals surface area contributed by atoms with E-state index in [1.54, 1.807) is 0 Å². The van der Waals surface area contributed by atoms with Crippen molar-refractivity contribution in [3.63, 3.8) is 0 Å². The number of ether oxygens (including phenoxy) is 1. The monoisotopic (exact) mass is 269 g/mol. The van der Waals surface area contributed by atoms with Crippen molar-refractivity contribution >= 4 is 0 Å². The first-order valence-corrected chi connectivity index (χ1v) is 8.54. The summed E-state index contributed by atoms with van der Waals surface area (Å²) in [5.74, 6) is 0.935. The maximum absolute atomic E-state index is 6.50. The van der Waals surface area contributed by atoms with Gasteiger partial charge in [0.25, 0.3) is 0 Å². The van der Waals surface area contributed by atoms with E-state index in [1.807, 2.05) is 0 Å². The minimum absolute atomic E-state index is 0.120. The van der Waals surface area contributed by atoms with Crippen molar-refractivity contribution in [2.24, 2.45) is 5.92 Å². The Morgan fingerprint density at radius 3 is 2.37 bits per heavy atom. The van der Waals surface area contributed by atoms with E-state index in [-0.39, 0.29) is 5.60 Å². The van der Waals surface area contributed by atoms with Crippen molar-refractivity contribution in [1.82, 2.24) is 5.32 Å². The number of rotatable bonds is 9. The molecule has 0 aliphatic heterocycles. The fraction of sp³-hybridized carbons (Fsp3) is 1.00. The molecule has 1 fully saturated rings. The molecule has 19 heavy (non-hydrogen) atoms. The third kappa shape index (κ3) is 5.83. The SMILES string of the molecule is CCCNCC1(OC(C)CCC)CCC(CC)CC1. The standard InChI is InChI=1S/C17H35NO/c1-5-8-15(4)19-17(14-18-13-6-2)11-9-16(7-3)10-12-17/h15-16,18H,5-14H2,1-4H3. The molecule has 114 valence electrons. The number of nitrogens with one attached hydrogen (secondary N) is 1. The molecule has 2 nitrogen and oxygen atoms in total. The highest BCUT2D eigenvalue weighted by molar-refractivity contribution is 4.90. The molecule has 0 spiro atoms. The van der Waals surface area contributed by atoms with Gasteiger partial charge in [-0.05, 0) is 57.9 Å². The molecule has 0 bridgehead atoms. The third-order valence-electron chi connectivity index (χ3n) is 4.61. The minimum Gasteiger partial charge on any atom is -0.371 e. The molecule has 0 saturated heterocycles. The molecule has 0 heterocycles. The molecular formula is C17H35NO. The van der Waals surface area contributed by atoms with Crippen LogP contribution in [0.5, 0.6) is 0 Å². The predicted octanol–water partition coefficient (Wildman–Crippen LogP) is 4.53. The first kappa shape index (κ1) is 17.0. The smallest absolute Gasteiger partial charge is 0.0810 e. The van der Waals surface area contributed by atoms with Gasteiger partial charge < -0.3 is 10.1 Å². The van der Waals surface area contributed by atoms with Crippen LogP contribution in [0.3, 0.4) is 0 Å². The maximum atomic E-state index is 6.50. The molecule has 0 radical (unpaired) electrons. The minimum atomic E-state index is 0.120. The highest BCUT2D eigenvalue weighted by Crippen LogP contribution is 2.37. The molecule has 0 amide bonds. The summed E-state index contributed by atoms with van der Waals surface area (Å²) in [7, 11) is 0. The molecule has 1 rings (SSSR count). The average molecular weight is 269 g/mol. The van der Waals surface area contributed by atoms with E-state index < -0.39 is 0 Å². The van der Waals surface area contributed by atoms with E-state index in [0.29, 0.717) is 6.10 Å². The molecule has 1 N–H and O–H groups in total. The number of hydrogen-bond donors (Lipinski definition) is 1. The normalized spacial score (nSPS) is 29.4. The zero-order valence-corrected chi connectivity index (χ0v) is 13.6. The Bertz CT molecular complexity index is 216. The third-order valence-corrected chi connectivity index (χ3v) is 4.61. The van der Waals surface area contributed by atoms with Crippen molar-refractivity contribution < 1.29 is 4.74 Å². The van der Waals surface area contributed by atoms with Gasteiger partial charge in [-0.2, -0.15) is 0 Å². The van der Waals surface area contributed by atoms with Crippen molar-refractivity contribution in [1.29, 1.82) is 0 Å². The van der Waals surface area contributed by atoms with Gasteiger partial charge in [0.1, 0.15) is 0 Å². The predicted molar refractivity (Wildman–Crippen MR) is 83.6 cm³/mol. The Morgan fingerprint density at radius 2 is 1.84 bits per heavy atom. The van der Waals surface area contributed by atoms with Gasteiger partial charge in [0.15, 0.2) is 0 Å².